The second-order valence-electron chi connectivity index (χ2n) is 4.60. The quantitative estimate of drug-likeness (QED) is 0.883. The van der Waals surface area contributed by atoms with Crippen LogP contribution in [-0.4, -0.2) is 18.5 Å². The predicted octanol–water partition coefficient (Wildman–Crippen LogP) is 2.09. The van der Waals surface area contributed by atoms with Gasteiger partial charge in [0.05, 0.1) is 10.9 Å². The molecule has 0 aliphatic carbocycles. The molecule has 1 aromatic carbocycles. The van der Waals surface area contributed by atoms with Gasteiger partial charge in [0.1, 0.15) is 5.82 Å². The second-order valence-corrected chi connectivity index (χ2v) is 5.01. The van der Waals surface area contributed by atoms with Crippen molar-refractivity contribution in [2.24, 2.45) is 5.92 Å². The van der Waals surface area contributed by atoms with Gasteiger partial charge in [-0.15, -0.1) is 0 Å². The van der Waals surface area contributed by atoms with Gasteiger partial charge in [0.25, 0.3) is 0 Å². The van der Waals surface area contributed by atoms with Gasteiger partial charge in [-0.2, -0.15) is 0 Å². The maximum absolute atomic E-state index is 13.0. The van der Waals surface area contributed by atoms with Crippen LogP contribution in [0.1, 0.15) is 18.9 Å². The van der Waals surface area contributed by atoms with Crippen molar-refractivity contribution in [2.75, 3.05) is 6.54 Å². The lowest BCUT2D eigenvalue weighted by Gasteiger charge is -2.15. The molecular formula is C13H16ClFN2O. The molecule has 1 aromatic rings. The standard InChI is InChI=1S/C13H16ClFN2O/c1-8-10(4-5-16-8)13(18)17-7-9-2-3-12(15)11(14)6-9/h2-3,6,8,10,16H,4-5,7H2,1H3,(H,17,18). The molecule has 1 fully saturated rings. The van der Waals surface area contributed by atoms with E-state index in [9.17, 15) is 9.18 Å². The van der Waals surface area contributed by atoms with E-state index in [-0.39, 0.29) is 22.9 Å². The summed E-state index contributed by atoms with van der Waals surface area (Å²) in [6.45, 7) is 3.26. The fourth-order valence-corrected chi connectivity index (χ4v) is 2.39. The number of amides is 1. The van der Waals surface area contributed by atoms with E-state index in [1.54, 1.807) is 6.07 Å². The fourth-order valence-electron chi connectivity index (χ4n) is 2.19. The lowest BCUT2D eigenvalue weighted by atomic mass is 10.0. The predicted molar refractivity (Wildman–Crippen MR) is 68.8 cm³/mol. The highest BCUT2D eigenvalue weighted by Crippen LogP contribution is 2.17. The van der Waals surface area contributed by atoms with Gasteiger partial charge in [-0.25, -0.2) is 4.39 Å². The molecule has 1 heterocycles. The molecular weight excluding hydrogens is 255 g/mol. The van der Waals surface area contributed by atoms with E-state index < -0.39 is 5.82 Å². The van der Waals surface area contributed by atoms with Crippen molar-refractivity contribution in [3.63, 3.8) is 0 Å². The minimum Gasteiger partial charge on any atom is -0.352 e. The molecule has 2 atom stereocenters. The molecule has 1 amide bonds. The van der Waals surface area contributed by atoms with Crippen LogP contribution >= 0.6 is 11.6 Å². The average Bonchev–Trinajstić information content (AvgIpc) is 2.77. The van der Waals surface area contributed by atoms with Crippen molar-refractivity contribution in [1.82, 2.24) is 10.6 Å². The summed E-state index contributed by atoms with van der Waals surface area (Å²) in [6.07, 6.45) is 0.858. The molecule has 0 radical (unpaired) electrons. The first-order chi connectivity index (χ1) is 8.58. The zero-order valence-electron chi connectivity index (χ0n) is 10.2. The Kier molecular flexibility index (Phi) is 4.19. The Morgan fingerprint density at radius 3 is 3.00 bits per heavy atom. The van der Waals surface area contributed by atoms with Crippen molar-refractivity contribution in [1.29, 1.82) is 0 Å². The van der Waals surface area contributed by atoms with Crippen LogP contribution in [0.4, 0.5) is 4.39 Å². The van der Waals surface area contributed by atoms with Crippen LogP contribution in [-0.2, 0) is 11.3 Å². The van der Waals surface area contributed by atoms with E-state index in [0.29, 0.717) is 6.54 Å². The number of hydrogen-bond acceptors (Lipinski definition) is 2. The third-order valence-electron chi connectivity index (χ3n) is 3.31. The maximum Gasteiger partial charge on any atom is 0.224 e. The Hall–Kier alpha value is -1.13. The molecule has 1 aliphatic heterocycles. The molecule has 2 rings (SSSR count). The number of nitrogens with one attached hydrogen (secondary N) is 2. The average molecular weight is 271 g/mol. The van der Waals surface area contributed by atoms with Crippen molar-refractivity contribution in [3.8, 4) is 0 Å². The van der Waals surface area contributed by atoms with Crippen LogP contribution in [0.2, 0.25) is 5.02 Å². The van der Waals surface area contributed by atoms with Gasteiger partial charge in [0.15, 0.2) is 0 Å². The van der Waals surface area contributed by atoms with E-state index in [0.717, 1.165) is 18.5 Å². The Morgan fingerprint density at radius 1 is 1.61 bits per heavy atom. The molecule has 1 aliphatic rings. The van der Waals surface area contributed by atoms with Crippen LogP contribution in [0.25, 0.3) is 0 Å². The molecule has 98 valence electrons. The zero-order chi connectivity index (χ0) is 13.1. The Morgan fingerprint density at radius 2 is 2.39 bits per heavy atom. The second kappa shape index (κ2) is 5.67. The van der Waals surface area contributed by atoms with Crippen LogP contribution in [0.5, 0.6) is 0 Å². The first kappa shape index (κ1) is 13.3. The van der Waals surface area contributed by atoms with E-state index in [4.69, 9.17) is 11.6 Å². The SMILES string of the molecule is CC1NCCC1C(=O)NCc1ccc(F)c(Cl)c1. The lowest BCUT2D eigenvalue weighted by molar-refractivity contribution is -0.125. The minimum atomic E-state index is -0.444. The summed E-state index contributed by atoms with van der Waals surface area (Å²) in [5, 5.41) is 6.17. The Balaban J connectivity index is 1.91. The van der Waals surface area contributed by atoms with Gasteiger partial charge in [-0.1, -0.05) is 17.7 Å². The fraction of sp³-hybridized carbons (Fsp3) is 0.462. The van der Waals surface area contributed by atoms with Gasteiger partial charge in [0, 0.05) is 12.6 Å². The summed E-state index contributed by atoms with van der Waals surface area (Å²) in [4.78, 5) is 11.9. The van der Waals surface area contributed by atoms with Crippen LogP contribution in [0.15, 0.2) is 18.2 Å². The first-order valence-corrected chi connectivity index (χ1v) is 6.41. The van der Waals surface area contributed by atoms with E-state index in [1.807, 2.05) is 6.92 Å². The van der Waals surface area contributed by atoms with E-state index >= 15 is 0 Å². The van der Waals surface area contributed by atoms with Crippen molar-refractivity contribution < 1.29 is 9.18 Å². The number of rotatable bonds is 3. The molecule has 2 unspecified atom stereocenters. The number of carbonyl (C=O) groups is 1. The number of carbonyl (C=O) groups excluding carboxylic acids is 1. The van der Waals surface area contributed by atoms with Crippen molar-refractivity contribution >= 4 is 17.5 Å². The highest BCUT2D eigenvalue weighted by Gasteiger charge is 2.28. The van der Waals surface area contributed by atoms with Gasteiger partial charge >= 0.3 is 0 Å². The van der Waals surface area contributed by atoms with Crippen LogP contribution < -0.4 is 10.6 Å². The number of halogens is 2. The Labute approximate surface area is 111 Å². The summed E-state index contributed by atoms with van der Waals surface area (Å²) >= 11 is 5.68. The van der Waals surface area contributed by atoms with Crippen LogP contribution in [0.3, 0.4) is 0 Å². The third-order valence-corrected chi connectivity index (χ3v) is 3.60. The van der Waals surface area contributed by atoms with Gasteiger partial charge in [0.2, 0.25) is 5.91 Å². The van der Waals surface area contributed by atoms with E-state index in [1.165, 1.54) is 12.1 Å². The third kappa shape index (κ3) is 3.00. The molecule has 0 aromatic heterocycles. The van der Waals surface area contributed by atoms with Crippen molar-refractivity contribution in [3.05, 3.63) is 34.6 Å². The molecule has 0 bridgehead atoms. The summed E-state index contributed by atoms with van der Waals surface area (Å²) < 4.78 is 13.0. The molecule has 2 N–H and O–H groups in total. The maximum atomic E-state index is 13.0. The highest BCUT2D eigenvalue weighted by atomic mass is 35.5. The molecule has 18 heavy (non-hydrogen) atoms. The van der Waals surface area contributed by atoms with Gasteiger partial charge < -0.3 is 10.6 Å². The van der Waals surface area contributed by atoms with Crippen LogP contribution in [0, 0.1) is 11.7 Å². The molecule has 5 heteroatoms. The normalized spacial score (nSPS) is 23.1. The summed E-state index contributed by atoms with van der Waals surface area (Å²) in [5.74, 6) is -0.394. The van der Waals surface area contributed by atoms with Gasteiger partial charge in [-0.05, 0) is 37.6 Å². The van der Waals surface area contributed by atoms with Gasteiger partial charge in [-0.3, -0.25) is 4.79 Å². The van der Waals surface area contributed by atoms with E-state index in [2.05, 4.69) is 10.6 Å². The monoisotopic (exact) mass is 270 g/mol. The first-order valence-electron chi connectivity index (χ1n) is 6.03. The van der Waals surface area contributed by atoms with Crippen molar-refractivity contribution in [2.45, 2.75) is 25.9 Å². The summed E-state index contributed by atoms with van der Waals surface area (Å²) in [7, 11) is 0. The summed E-state index contributed by atoms with van der Waals surface area (Å²) in [5.41, 5.74) is 0.799. The molecule has 0 spiro atoms. The topological polar surface area (TPSA) is 41.1 Å². The molecule has 3 nitrogen and oxygen atoms in total. The lowest BCUT2D eigenvalue weighted by Crippen LogP contribution is -2.36. The molecule has 0 saturated carbocycles. The summed E-state index contributed by atoms with van der Waals surface area (Å²) in [6, 6.07) is 4.68. The number of benzene rings is 1. The molecule has 1 saturated heterocycles. The highest BCUT2D eigenvalue weighted by molar-refractivity contribution is 6.30. The largest absolute Gasteiger partial charge is 0.352 e. The Bertz CT molecular complexity index is 453. The minimum absolute atomic E-state index is 0.0147. The number of hydrogen-bond donors (Lipinski definition) is 2. The smallest absolute Gasteiger partial charge is 0.224 e. The zero-order valence-corrected chi connectivity index (χ0v) is 10.9.